The highest BCUT2D eigenvalue weighted by molar-refractivity contribution is 7.90. The van der Waals surface area contributed by atoms with Crippen LogP contribution in [-0.2, 0) is 20.1 Å². The second-order valence-electron chi connectivity index (χ2n) is 9.11. The van der Waals surface area contributed by atoms with Gasteiger partial charge in [0.15, 0.2) is 5.75 Å². The zero-order valence-corrected chi connectivity index (χ0v) is 23.5. The summed E-state index contributed by atoms with van der Waals surface area (Å²) in [5, 5.41) is -0.361. The molecule has 39 heavy (non-hydrogen) atoms. The van der Waals surface area contributed by atoms with Crippen molar-refractivity contribution in [3.8, 4) is 39.7 Å². The zero-order valence-electron chi connectivity index (χ0n) is 21.1. The number of nitrogens with zero attached hydrogens (tertiary/aromatic N) is 3. The van der Waals surface area contributed by atoms with Crippen LogP contribution in [0, 0.1) is 0 Å². The molecule has 0 amide bonds. The van der Waals surface area contributed by atoms with Crippen molar-refractivity contribution >= 4 is 48.7 Å². The van der Waals surface area contributed by atoms with Crippen LogP contribution in [0.1, 0.15) is 13.8 Å². The molecule has 0 fully saturated rings. The molecule has 0 aliphatic carbocycles. The summed E-state index contributed by atoms with van der Waals surface area (Å²) < 4.78 is 57.0. The van der Waals surface area contributed by atoms with Crippen LogP contribution in [0.5, 0.6) is 5.75 Å². The SMILES string of the molecule is CC(C)S(=O)(=O)n1c(N)nc2c(OS(C)(=O)=O)cc(-c3nc(-c4ccccc4Cl)[nH]c3-c3ccccc3)cc21. The van der Waals surface area contributed by atoms with Gasteiger partial charge < -0.3 is 14.9 Å². The lowest BCUT2D eigenvalue weighted by Crippen LogP contribution is -2.23. The van der Waals surface area contributed by atoms with Crippen LogP contribution in [0.3, 0.4) is 0 Å². The summed E-state index contributed by atoms with van der Waals surface area (Å²) in [7, 11) is -7.99. The van der Waals surface area contributed by atoms with Crippen molar-refractivity contribution in [1.29, 1.82) is 0 Å². The van der Waals surface area contributed by atoms with Gasteiger partial charge in [-0.1, -0.05) is 54.1 Å². The third kappa shape index (κ3) is 4.98. The molecule has 5 aromatic rings. The summed E-state index contributed by atoms with van der Waals surface area (Å²) in [6, 6.07) is 19.5. The maximum atomic E-state index is 13.2. The van der Waals surface area contributed by atoms with Gasteiger partial charge in [0, 0.05) is 16.7 Å². The molecule has 0 bridgehead atoms. The third-order valence-corrected chi connectivity index (χ3v) is 8.86. The molecule has 3 N–H and O–H groups in total. The molecule has 10 nitrogen and oxygen atoms in total. The molecule has 0 spiro atoms. The number of halogens is 1. The van der Waals surface area contributed by atoms with Crippen LogP contribution in [0.4, 0.5) is 5.95 Å². The first-order valence-corrected chi connectivity index (χ1v) is 15.4. The minimum absolute atomic E-state index is 0.0194. The van der Waals surface area contributed by atoms with Crippen LogP contribution in [-0.4, -0.2) is 47.3 Å². The number of hydrogen-bond acceptors (Lipinski definition) is 8. The zero-order chi connectivity index (χ0) is 28.1. The molecule has 3 aromatic carbocycles. The summed E-state index contributed by atoms with van der Waals surface area (Å²) in [6.07, 6.45) is 0.885. The third-order valence-electron chi connectivity index (χ3n) is 5.97. The van der Waals surface area contributed by atoms with E-state index in [1.807, 2.05) is 42.5 Å². The molecule has 0 aliphatic heterocycles. The largest absolute Gasteiger partial charge is 0.380 e. The first-order valence-electron chi connectivity index (χ1n) is 11.7. The fourth-order valence-corrected chi connectivity index (χ4v) is 5.98. The number of benzene rings is 3. The average molecular weight is 586 g/mol. The van der Waals surface area contributed by atoms with Gasteiger partial charge in [0.25, 0.3) is 0 Å². The number of H-pyrrole nitrogens is 1. The Bertz CT molecular complexity index is 1930. The molecule has 0 saturated heterocycles. The number of anilines is 1. The second kappa shape index (κ2) is 9.70. The lowest BCUT2D eigenvalue weighted by Gasteiger charge is -2.12. The van der Waals surface area contributed by atoms with E-state index in [1.54, 1.807) is 18.2 Å². The van der Waals surface area contributed by atoms with Gasteiger partial charge in [0.2, 0.25) is 16.0 Å². The molecule has 0 saturated carbocycles. The number of nitrogen functional groups attached to an aromatic ring is 1. The Kier molecular flexibility index (Phi) is 6.65. The van der Waals surface area contributed by atoms with Gasteiger partial charge in [-0.25, -0.2) is 22.4 Å². The monoisotopic (exact) mass is 585 g/mol. The van der Waals surface area contributed by atoms with E-state index in [1.165, 1.54) is 19.9 Å². The molecule has 0 radical (unpaired) electrons. The first kappa shape index (κ1) is 26.7. The van der Waals surface area contributed by atoms with Crippen LogP contribution in [0.2, 0.25) is 5.02 Å². The number of aromatic nitrogens is 4. The number of hydrogen-bond donors (Lipinski definition) is 2. The summed E-state index contributed by atoms with van der Waals surface area (Å²) in [5.41, 5.74) is 8.89. The maximum Gasteiger partial charge on any atom is 0.306 e. The summed E-state index contributed by atoms with van der Waals surface area (Å²) in [4.78, 5) is 12.3. The Morgan fingerprint density at radius 3 is 2.26 bits per heavy atom. The number of nitrogens with one attached hydrogen (secondary N) is 1. The predicted molar refractivity (Wildman–Crippen MR) is 153 cm³/mol. The Morgan fingerprint density at radius 1 is 0.949 bits per heavy atom. The summed E-state index contributed by atoms with van der Waals surface area (Å²) in [6.45, 7) is 3.02. The molecular weight excluding hydrogens is 562 g/mol. The Labute approximate surface area is 230 Å². The van der Waals surface area contributed by atoms with Crippen LogP contribution >= 0.6 is 11.6 Å². The molecule has 0 unspecified atom stereocenters. The Hall–Kier alpha value is -3.87. The van der Waals surface area contributed by atoms with E-state index in [2.05, 4.69) is 9.97 Å². The first-order chi connectivity index (χ1) is 18.4. The van der Waals surface area contributed by atoms with E-state index in [4.69, 9.17) is 26.5 Å². The average Bonchev–Trinajstić information content (AvgIpc) is 3.45. The minimum atomic E-state index is -4.01. The van der Waals surface area contributed by atoms with E-state index < -0.39 is 25.4 Å². The Morgan fingerprint density at radius 2 is 1.62 bits per heavy atom. The van der Waals surface area contributed by atoms with E-state index >= 15 is 0 Å². The van der Waals surface area contributed by atoms with Crippen molar-refractivity contribution in [2.24, 2.45) is 0 Å². The molecule has 2 heterocycles. The highest BCUT2D eigenvalue weighted by Gasteiger charge is 2.28. The number of imidazole rings is 2. The van der Waals surface area contributed by atoms with Gasteiger partial charge in [-0.3, -0.25) is 0 Å². The minimum Gasteiger partial charge on any atom is -0.380 e. The molecule has 13 heteroatoms. The number of fused-ring (bicyclic) bond motifs is 1. The number of aromatic amines is 1. The standard InChI is InChI=1S/C26H24ClN5O5S2/c1-15(2)39(35,36)32-20-13-17(14-21(37-38(3,33)34)24(20)31-26(32)28)23-22(16-9-5-4-6-10-16)29-25(30-23)18-11-7-8-12-19(18)27/h4-15H,1-3H3,(H2,28,31)(H,29,30). The molecule has 202 valence electrons. The lowest BCUT2D eigenvalue weighted by molar-refractivity contribution is 0.495. The molecular formula is C26H24ClN5O5S2. The normalized spacial score (nSPS) is 12.3. The molecule has 0 aliphatic rings. The fraction of sp³-hybridized carbons (Fsp3) is 0.154. The van der Waals surface area contributed by atoms with E-state index in [9.17, 15) is 16.8 Å². The van der Waals surface area contributed by atoms with Gasteiger partial charge in [0.1, 0.15) is 11.3 Å². The molecule has 2 aromatic heterocycles. The Balaban J connectivity index is 1.86. The van der Waals surface area contributed by atoms with Crippen LogP contribution in [0.25, 0.3) is 44.9 Å². The lowest BCUT2D eigenvalue weighted by atomic mass is 10.0. The number of rotatable bonds is 7. The molecule has 0 atom stereocenters. The second-order valence-corrected chi connectivity index (χ2v) is 13.4. The van der Waals surface area contributed by atoms with Crippen molar-refractivity contribution in [3.05, 3.63) is 71.8 Å². The summed E-state index contributed by atoms with van der Waals surface area (Å²) >= 11 is 6.45. The van der Waals surface area contributed by atoms with Crippen molar-refractivity contribution in [1.82, 2.24) is 18.9 Å². The smallest absolute Gasteiger partial charge is 0.306 e. The van der Waals surface area contributed by atoms with Crippen molar-refractivity contribution < 1.29 is 21.0 Å². The van der Waals surface area contributed by atoms with Gasteiger partial charge >= 0.3 is 10.1 Å². The van der Waals surface area contributed by atoms with E-state index in [0.717, 1.165) is 15.8 Å². The van der Waals surface area contributed by atoms with Gasteiger partial charge in [-0.15, -0.1) is 0 Å². The van der Waals surface area contributed by atoms with E-state index in [-0.39, 0.29) is 22.7 Å². The number of nitrogens with two attached hydrogens (primary N) is 1. The van der Waals surface area contributed by atoms with E-state index in [0.29, 0.717) is 33.4 Å². The highest BCUT2D eigenvalue weighted by Crippen LogP contribution is 2.40. The van der Waals surface area contributed by atoms with Crippen molar-refractivity contribution in [3.63, 3.8) is 0 Å². The predicted octanol–water partition coefficient (Wildman–Crippen LogP) is 4.92. The highest BCUT2D eigenvalue weighted by atomic mass is 35.5. The fourth-order valence-electron chi connectivity index (χ4n) is 4.16. The van der Waals surface area contributed by atoms with Crippen LogP contribution in [0.15, 0.2) is 66.7 Å². The van der Waals surface area contributed by atoms with Crippen LogP contribution < -0.4 is 9.92 Å². The topological polar surface area (TPSA) is 150 Å². The summed E-state index contributed by atoms with van der Waals surface area (Å²) in [5.74, 6) is -0.0464. The van der Waals surface area contributed by atoms with Gasteiger partial charge in [-0.05, 0) is 38.1 Å². The van der Waals surface area contributed by atoms with Gasteiger partial charge in [-0.2, -0.15) is 8.42 Å². The van der Waals surface area contributed by atoms with Crippen molar-refractivity contribution in [2.45, 2.75) is 19.1 Å². The maximum absolute atomic E-state index is 13.2. The molecule has 5 rings (SSSR count). The van der Waals surface area contributed by atoms with Crippen molar-refractivity contribution in [2.75, 3.05) is 12.0 Å². The quantitative estimate of drug-likeness (QED) is 0.255. The van der Waals surface area contributed by atoms with Gasteiger partial charge in [0.05, 0.1) is 33.4 Å².